The van der Waals surface area contributed by atoms with Gasteiger partial charge in [0.25, 0.3) is 0 Å². The fraction of sp³-hybridized carbons (Fsp3) is 0.455. The zero-order valence-electron chi connectivity index (χ0n) is 9.46. The van der Waals surface area contributed by atoms with Crippen LogP contribution >= 0.6 is 0 Å². The van der Waals surface area contributed by atoms with Gasteiger partial charge in [-0.1, -0.05) is 20.8 Å². The van der Waals surface area contributed by atoms with Gasteiger partial charge >= 0.3 is 0 Å². The van der Waals surface area contributed by atoms with Crippen molar-refractivity contribution in [3.63, 3.8) is 0 Å². The van der Waals surface area contributed by atoms with Gasteiger partial charge in [-0.25, -0.2) is 4.98 Å². The predicted molar refractivity (Wildman–Crippen MR) is 59.7 cm³/mol. The molecule has 0 fully saturated rings. The van der Waals surface area contributed by atoms with E-state index in [4.69, 9.17) is 10.2 Å². The number of rotatable bonds is 0. The van der Waals surface area contributed by atoms with E-state index in [1.165, 1.54) is 0 Å². The van der Waals surface area contributed by atoms with E-state index in [9.17, 15) is 0 Å². The fourth-order valence-electron chi connectivity index (χ4n) is 1.63. The molecule has 0 aliphatic carbocycles. The van der Waals surface area contributed by atoms with Crippen LogP contribution < -0.4 is 5.73 Å². The van der Waals surface area contributed by atoms with Gasteiger partial charge in [-0.15, -0.1) is 0 Å². The van der Waals surface area contributed by atoms with E-state index in [1.54, 1.807) is 13.2 Å². The van der Waals surface area contributed by atoms with Crippen LogP contribution in [0, 0.1) is 6.92 Å². The number of nitrogens with two attached hydrogens (primary N) is 1. The number of fused-ring (bicyclic) bond motifs is 1. The van der Waals surface area contributed by atoms with Gasteiger partial charge in [-0.3, -0.25) is 0 Å². The summed E-state index contributed by atoms with van der Waals surface area (Å²) in [6.45, 7) is 8.12. The van der Waals surface area contributed by atoms with Crippen LogP contribution in [0.25, 0.3) is 11.1 Å². The first-order valence-electron chi connectivity index (χ1n) is 4.91. The van der Waals surface area contributed by atoms with E-state index in [0.717, 1.165) is 10.9 Å². The Morgan fingerprint density at radius 1 is 1.27 bits per heavy atom. The van der Waals surface area contributed by atoms with Crippen LogP contribution in [0.4, 0.5) is 5.82 Å². The van der Waals surface area contributed by atoms with Gasteiger partial charge in [0.05, 0.1) is 11.6 Å². The monoisotopic (exact) mass is 205 g/mol. The Hall–Kier alpha value is -1.58. The average Bonchev–Trinajstić information content (AvgIpc) is 2.45. The number of hydrogen-bond acceptors (Lipinski definition) is 4. The van der Waals surface area contributed by atoms with Crippen LogP contribution in [0.5, 0.6) is 0 Å². The number of furan rings is 1. The van der Waals surface area contributed by atoms with E-state index in [-0.39, 0.29) is 5.41 Å². The lowest BCUT2D eigenvalue weighted by atomic mass is 9.87. The molecule has 0 saturated carbocycles. The van der Waals surface area contributed by atoms with Crippen molar-refractivity contribution in [3.05, 3.63) is 17.7 Å². The molecule has 80 valence electrons. The topological polar surface area (TPSA) is 64.9 Å². The van der Waals surface area contributed by atoms with Crippen LogP contribution in [0.15, 0.2) is 10.7 Å². The number of hydrogen-bond donors (Lipinski definition) is 1. The Morgan fingerprint density at radius 2 is 1.93 bits per heavy atom. The molecule has 2 rings (SSSR count). The van der Waals surface area contributed by atoms with Gasteiger partial charge in [-0.2, -0.15) is 4.98 Å². The second kappa shape index (κ2) is 2.95. The summed E-state index contributed by atoms with van der Waals surface area (Å²) < 4.78 is 5.41. The Bertz CT molecular complexity index is 508. The molecule has 0 saturated heterocycles. The largest absolute Gasteiger partial charge is 0.446 e. The maximum Gasteiger partial charge on any atom is 0.231 e. The summed E-state index contributed by atoms with van der Waals surface area (Å²) in [5.41, 5.74) is 7.50. The molecule has 4 nitrogen and oxygen atoms in total. The summed E-state index contributed by atoms with van der Waals surface area (Å²) >= 11 is 0. The standard InChI is InChI=1S/C11H15N3O/c1-6-13-9(12)8-7(11(2,3)4)5-15-10(8)14-6/h5H,1-4H3,(H2,12,13,14). The highest BCUT2D eigenvalue weighted by Crippen LogP contribution is 2.33. The Labute approximate surface area is 88.5 Å². The highest BCUT2D eigenvalue weighted by atomic mass is 16.3. The minimum absolute atomic E-state index is 0.0159. The molecule has 0 atom stereocenters. The molecule has 2 aromatic heterocycles. The van der Waals surface area contributed by atoms with Crippen molar-refractivity contribution in [2.45, 2.75) is 33.1 Å². The molecule has 2 aromatic rings. The van der Waals surface area contributed by atoms with Crippen LogP contribution in [0.1, 0.15) is 32.2 Å². The molecule has 0 bridgehead atoms. The third-order valence-electron chi connectivity index (χ3n) is 2.38. The SMILES string of the molecule is Cc1nc(N)c2c(C(C)(C)C)coc2n1. The minimum atomic E-state index is -0.0159. The van der Waals surface area contributed by atoms with Crippen LogP contribution in [-0.4, -0.2) is 9.97 Å². The first kappa shape index (κ1) is 9.96. The van der Waals surface area contributed by atoms with E-state index in [0.29, 0.717) is 17.4 Å². The minimum Gasteiger partial charge on any atom is -0.446 e. The summed E-state index contributed by atoms with van der Waals surface area (Å²) in [5.74, 6) is 1.13. The summed E-state index contributed by atoms with van der Waals surface area (Å²) in [7, 11) is 0. The normalized spacial score (nSPS) is 12.3. The number of nitrogen functional groups attached to an aromatic ring is 1. The molecule has 0 aliphatic rings. The third kappa shape index (κ3) is 1.56. The molecule has 0 aromatic carbocycles. The van der Waals surface area contributed by atoms with Crippen LogP contribution in [-0.2, 0) is 5.41 Å². The molecule has 2 N–H and O–H groups in total. The van der Waals surface area contributed by atoms with E-state index >= 15 is 0 Å². The maximum absolute atomic E-state index is 5.89. The van der Waals surface area contributed by atoms with Gasteiger partial charge in [0.1, 0.15) is 11.6 Å². The van der Waals surface area contributed by atoms with Gasteiger partial charge < -0.3 is 10.2 Å². The highest BCUT2D eigenvalue weighted by molar-refractivity contribution is 5.88. The summed E-state index contributed by atoms with van der Waals surface area (Å²) in [5, 5.41) is 0.841. The number of nitrogens with zero attached hydrogens (tertiary/aromatic N) is 2. The fourth-order valence-corrected chi connectivity index (χ4v) is 1.63. The van der Waals surface area contributed by atoms with E-state index in [2.05, 4.69) is 30.7 Å². The van der Waals surface area contributed by atoms with Crippen molar-refractivity contribution in [1.82, 2.24) is 9.97 Å². The van der Waals surface area contributed by atoms with Crippen molar-refractivity contribution in [3.8, 4) is 0 Å². The zero-order chi connectivity index (χ0) is 11.2. The smallest absolute Gasteiger partial charge is 0.231 e. The predicted octanol–water partition coefficient (Wildman–Crippen LogP) is 2.41. The van der Waals surface area contributed by atoms with Crippen molar-refractivity contribution in [2.75, 3.05) is 5.73 Å². The highest BCUT2D eigenvalue weighted by Gasteiger charge is 2.22. The van der Waals surface area contributed by atoms with E-state index in [1.807, 2.05) is 0 Å². The second-order valence-corrected chi connectivity index (χ2v) is 4.74. The Morgan fingerprint density at radius 3 is 2.53 bits per heavy atom. The molecule has 0 radical (unpaired) electrons. The average molecular weight is 205 g/mol. The first-order chi connectivity index (χ1) is 6.89. The molecule has 0 amide bonds. The van der Waals surface area contributed by atoms with Crippen LogP contribution in [0.3, 0.4) is 0 Å². The summed E-state index contributed by atoms with van der Waals surface area (Å²) in [6, 6.07) is 0. The van der Waals surface area contributed by atoms with Crippen molar-refractivity contribution in [1.29, 1.82) is 0 Å². The molecular formula is C11H15N3O. The molecule has 0 unspecified atom stereocenters. The van der Waals surface area contributed by atoms with Crippen molar-refractivity contribution < 1.29 is 4.42 Å². The Kier molecular flexibility index (Phi) is 1.96. The molecule has 15 heavy (non-hydrogen) atoms. The lowest BCUT2D eigenvalue weighted by Gasteiger charge is -2.16. The Balaban J connectivity index is 2.81. The summed E-state index contributed by atoms with van der Waals surface area (Å²) in [4.78, 5) is 8.37. The first-order valence-corrected chi connectivity index (χ1v) is 4.91. The van der Waals surface area contributed by atoms with Crippen molar-refractivity contribution >= 4 is 16.9 Å². The third-order valence-corrected chi connectivity index (χ3v) is 2.38. The molecule has 4 heteroatoms. The summed E-state index contributed by atoms with van der Waals surface area (Å²) in [6.07, 6.45) is 1.72. The lowest BCUT2D eigenvalue weighted by Crippen LogP contribution is -2.11. The van der Waals surface area contributed by atoms with Crippen molar-refractivity contribution in [2.24, 2.45) is 0 Å². The molecule has 2 heterocycles. The number of aromatic nitrogens is 2. The molecular weight excluding hydrogens is 190 g/mol. The molecule has 0 aliphatic heterocycles. The maximum atomic E-state index is 5.89. The van der Waals surface area contributed by atoms with Gasteiger partial charge in [0, 0.05) is 5.56 Å². The number of anilines is 1. The second-order valence-electron chi connectivity index (χ2n) is 4.74. The van der Waals surface area contributed by atoms with Gasteiger partial charge in [-0.05, 0) is 12.3 Å². The quantitative estimate of drug-likeness (QED) is 0.717. The molecule has 0 spiro atoms. The number of aryl methyl sites for hydroxylation is 1. The zero-order valence-corrected chi connectivity index (χ0v) is 9.46. The van der Waals surface area contributed by atoms with Crippen LogP contribution in [0.2, 0.25) is 0 Å². The van der Waals surface area contributed by atoms with E-state index < -0.39 is 0 Å². The lowest BCUT2D eigenvalue weighted by molar-refractivity contribution is 0.553. The van der Waals surface area contributed by atoms with Gasteiger partial charge in [0.15, 0.2) is 0 Å². The van der Waals surface area contributed by atoms with Gasteiger partial charge in [0.2, 0.25) is 5.71 Å².